The van der Waals surface area contributed by atoms with Crippen molar-refractivity contribution in [3.8, 4) is 0 Å². The van der Waals surface area contributed by atoms with Crippen LogP contribution in [0, 0.1) is 98.6 Å². The maximum absolute atomic E-state index is 13.4. The van der Waals surface area contributed by atoms with Gasteiger partial charge in [0, 0.05) is 37.5 Å². The molecular weight excluding hydrogens is 701 g/mol. The third-order valence-electron chi connectivity index (χ3n) is 20.3. The number of aliphatic carboxylic acids is 2. The van der Waals surface area contributed by atoms with Gasteiger partial charge in [0.05, 0.1) is 6.10 Å². The van der Waals surface area contributed by atoms with E-state index in [4.69, 9.17) is 10.2 Å². The summed E-state index contributed by atoms with van der Waals surface area (Å²) < 4.78 is 0. The zero-order chi connectivity index (χ0) is 40.5. The second kappa shape index (κ2) is 15.7. The van der Waals surface area contributed by atoms with Gasteiger partial charge in [-0.3, -0.25) is 19.2 Å². The van der Waals surface area contributed by atoms with Crippen LogP contribution >= 0.6 is 0 Å². The molecule has 18 atom stereocenters. The van der Waals surface area contributed by atoms with Gasteiger partial charge in [-0.2, -0.15) is 0 Å². The summed E-state index contributed by atoms with van der Waals surface area (Å²) in [4.78, 5) is 48.9. The molecule has 8 fully saturated rings. The van der Waals surface area contributed by atoms with E-state index in [0.717, 1.165) is 63.7 Å². The predicted octanol–water partition coefficient (Wildman–Crippen LogP) is 10.6. The van der Waals surface area contributed by atoms with Crippen LogP contribution in [0.15, 0.2) is 0 Å². The van der Waals surface area contributed by atoms with E-state index in [1.165, 1.54) is 51.4 Å². The molecule has 0 radical (unpaired) electrons. The van der Waals surface area contributed by atoms with Gasteiger partial charge in [-0.25, -0.2) is 0 Å². The Balaban J connectivity index is 0.000000172. The molecule has 0 aromatic carbocycles. The summed E-state index contributed by atoms with van der Waals surface area (Å²) in [5, 5.41) is 28.4. The van der Waals surface area contributed by atoms with Gasteiger partial charge in [0.2, 0.25) is 0 Å². The lowest BCUT2D eigenvalue weighted by Gasteiger charge is -2.60. The fraction of sp³-hybridized carbons (Fsp3) is 0.918. The minimum Gasteiger partial charge on any atom is -0.481 e. The van der Waals surface area contributed by atoms with Crippen LogP contribution in [-0.2, 0) is 19.2 Å². The molecule has 316 valence electrons. The van der Waals surface area contributed by atoms with Crippen LogP contribution in [0.4, 0.5) is 0 Å². The minimum absolute atomic E-state index is 0.187. The number of hydrogen-bond donors (Lipinski definition) is 3. The summed E-state index contributed by atoms with van der Waals surface area (Å²) in [6, 6.07) is 0. The van der Waals surface area contributed by atoms with Crippen molar-refractivity contribution < 1.29 is 34.5 Å². The van der Waals surface area contributed by atoms with Gasteiger partial charge < -0.3 is 15.3 Å². The Kier molecular flexibility index (Phi) is 11.9. The van der Waals surface area contributed by atoms with Gasteiger partial charge in [-0.05, 0) is 183 Å². The predicted molar refractivity (Wildman–Crippen MR) is 218 cm³/mol. The number of carbonyl (C=O) groups is 4. The normalized spacial score (nSPS) is 49.1. The number of Topliss-reactive ketones (excluding diaryl/α,β-unsaturated/α-hetero) is 2. The molecule has 56 heavy (non-hydrogen) atoms. The lowest BCUT2D eigenvalue weighted by atomic mass is 9.43. The summed E-state index contributed by atoms with van der Waals surface area (Å²) in [5.74, 6) is 5.98. The van der Waals surface area contributed by atoms with Gasteiger partial charge in [0.15, 0.2) is 0 Å². The first kappa shape index (κ1) is 42.4. The van der Waals surface area contributed by atoms with E-state index in [0.29, 0.717) is 82.6 Å². The molecule has 3 N–H and O–H groups in total. The van der Waals surface area contributed by atoms with Crippen molar-refractivity contribution in [2.24, 2.45) is 98.6 Å². The highest BCUT2D eigenvalue weighted by Crippen LogP contribution is 2.69. The van der Waals surface area contributed by atoms with Gasteiger partial charge in [-0.15, -0.1) is 0 Å². The Bertz CT molecular complexity index is 1400. The molecule has 0 aromatic rings. The van der Waals surface area contributed by atoms with Crippen molar-refractivity contribution >= 4 is 23.5 Å². The van der Waals surface area contributed by atoms with Crippen molar-refractivity contribution in [3.63, 3.8) is 0 Å². The monoisotopic (exact) mass is 779 g/mol. The first-order chi connectivity index (χ1) is 26.3. The zero-order valence-electron chi connectivity index (χ0n) is 36.2. The molecule has 0 aromatic heterocycles. The highest BCUT2D eigenvalue weighted by Gasteiger charge is 2.64. The summed E-state index contributed by atoms with van der Waals surface area (Å²) >= 11 is 0. The molecule has 0 bridgehead atoms. The van der Waals surface area contributed by atoms with E-state index in [2.05, 4.69) is 48.5 Å². The average Bonchev–Trinajstić information content (AvgIpc) is 3.68. The van der Waals surface area contributed by atoms with Crippen LogP contribution < -0.4 is 0 Å². The molecule has 7 nitrogen and oxygen atoms in total. The summed E-state index contributed by atoms with van der Waals surface area (Å²) in [6.07, 6.45) is 19.4. The maximum atomic E-state index is 13.4. The van der Waals surface area contributed by atoms with E-state index in [9.17, 15) is 24.3 Å². The van der Waals surface area contributed by atoms with E-state index < -0.39 is 11.9 Å². The van der Waals surface area contributed by atoms with Crippen LogP contribution in [-0.4, -0.2) is 44.9 Å². The van der Waals surface area contributed by atoms with Crippen LogP contribution in [0.2, 0.25) is 0 Å². The van der Waals surface area contributed by atoms with E-state index in [1.807, 2.05) is 0 Å². The van der Waals surface area contributed by atoms with Gasteiger partial charge in [0.1, 0.15) is 11.6 Å². The van der Waals surface area contributed by atoms with Crippen LogP contribution in [0.25, 0.3) is 0 Å². The Morgan fingerprint density at radius 1 is 0.589 bits per heavy atom. The maximum Gasteiger partial charge on any atom is 0.303 e. The molecule has 0 saturated heterocycles. The molecule has 8 rings (SSSR count). The Morgan fingerprint density at radius 2 is 0.982 bits per heavy atom. The van der Waals surface area contributed by atoms with Crippen LogP contribution in [0.5, 0.6) is 0 Å². The number of rotatable bonds is 8. The number of fused-ring (bicyclic) bond motifs is 10. The van der Waals surface area contributed by atoms with Crippen LogP contribution in [0.3, 0.4) is 0 Å². The number of aliphatic hydroxyl groups excluding tert-OH is 1. The molecule has 0 heterocycles. The number of hydrogen-bond acceptors (Lipinski definition) is 5. The summed E-state index contributed by atoms with van der Waals surface area (Å²) in [5.41, 5.74) is 1.01. The van der Waals surface area contributed by atoms with Crippen molar-refractivity contribution in [1.29, 1.82) is 0 Å². The number of carboxylic acid groups (broad SMARTS) is 2. The molecule has 8 saturated carbocycles. The molecule has 0 aliphatic heterocycles. The fourth-order valence-corrected chi connectivity index (χ4v) is 17.1. The molecule has 8 aliphatic rings. The largest absolute Gasteiger partial charge is 0.481 e. The second-order valence-corrected chi connectivity index (χ2v) is 22.8. The Morgan fingerprint density at radius 3 is 1.43 bits per heavy atom. The number of ketones is 2. The van der Waals surface area contributed by atoms with E-state index in [-0.39, 0.29) is 47.0 Å². The highest BCUT2D eigenvalue weighted by atomic mass is 16.4. The minimum atomic E-state index is -0.698. The third kappa shape index (κ3) is 7.18. The first-order valence-electron chi connectivity index (χ1n) is 23.5. The molecule has 0 amide bonds. The molecule has 4 unspecified atom stereocenters. The second-order valence-electron chi connectivity index (χ2n) is 22.8. The Hall–Kier alpha value is -1.76. The third-order valence-corrected chi connectivity index (χ3v) is 20.3. The fourth-order valence-electron chi connectivity index (χ4n) is 17.1. The molecule has 0 spiro atoms. The Labute approximate surface area is 338 Å². The van der Waals surface area contributed by atoms with Gasteiger partial charge >= 0.3 is 11.9 Å². The molecular formula is C49H78O7. The van der Waals surface area contributed by atoms with Gasteiger partial charge in [-0.1, -0.05) is 54.9 Å². The van der Waals surface area contributed by atoms with E-state index >= 15 is 0 Å². The van der Waals surface area contributed by atoms with Crippen LogP contribution in [0.1, 0.15) is 177 Å². The lowest BCUT2D eigenvalue weighted by Crippen LogP contribution is -2.57. The van der Waals surface area contributed by atoms with Crippen molar-refractivity contribution in [3.05, 3.63) is 0 Å². The molecule has 7 heteroatoms. The smallest absolute Gasteiger partial charge is 0.303 e. The van der Waals surface area contributed by atoms with Crippen molar-refractivity contribution in [1.82, 2.24) is 0 Å². The van der Waals surface area contributed by atoms with E-state index in [1.54, 1.807) is 0 Å². The summed E-state index contributed by atoms with van der Waals surface area (Å²) in [6.45, 7) is 16.7. The quantitative estimate of drug-likeness (QED) is 0.224. The standard InChI is InChI=1S/C25H40O3.C24H38O4/c1-15-9-11-24(3)17(13-15)14-21(26)23-19-7-6-18(16(2)5-8-22(27)28)25(19,4)12-10-20(23)24;1-14(4-7-21(27)28)17-5-6-18-22-19(9-11-24(17,18)3)23(2)10-8-16(25)12-15(23)13-20(22)26/h15-20,23H,5-14H2,1-4H3,(H,27,28);14-19,22,25H,4-13H2,1-3H3,(H,27,28)/t15-,16-,17+,18-,19?,20?,23+,24+,25-;14-,15+,16-,17-,18?,19?,22+,23+,24-/m11/s1. The number of aliphatic hydroxyl groups is 1. The van der Waals surface area contributed by atoms with Crippen molar-refractivity contribution in [2.45, 2.75) is 183 Å². The highest BCUT2D eigenvalue weighted by molar-refractivity contribution is 5.84. The zero-order valence-corrected chi connectivity index (χ0v) is 36.2. The summed E-state index contributed by atoms with van der Waals surface area (Å²) in [7, 11) is 0. The molecule has 8 aliphatic carbocycles. The van der Waals surface area contributed by atoms with Gasteiger partial charge in [0.25, 0.3) is 0 Å². The average molecular weight is 779 g/mol. The SMILES string of the molecule is C[C@@H]1CC[C@]2(C)C3CC[C@@]4(C)C(CC[C@@H]4[C@H](C)CCC(=O)O)[C@@H]3C(=O)C[C@@H]2C1.C[C@H](CCC(=O)O)[C@H]1CCC2[C@@H]3C(=O)C[C@@H]4C[C@H](O)CC[C@]4(C)C3CC[C@@]21C. The van der Waals surface area contributed by atoms with Crippen molar-refractivity contribution in [2.75, 3.05) is 0 Å². The topological polar surface area (TPSA) is 129 Å². The lowest BCUT2D eigenvalue weighted by molar-refractivity contribution is -0.161. The number of carbonyl (C=O) groups excluding carboxylic acids is 2. The first-order valence-corrected chi connectivity index (χ1v) is 23.5. The number of carboxylic acids is 2.